The summed E-state index contributed by atoms with van der Waals surface area (Å²) in [5.74, 6) is 0.263. The minimum absolute atomic E-state index is 0.109. The second kappa shape index (κ2) is 14.0. The standard InChI is InChI=1S/C23H34N8O2S/c1-26-19(25)12-11-17(24)8-4-5-10-22-29-30-23(34-22)28-20(32)14-16-7-6-9-18(13-16)27-21(33)15-31(2)3/h6-7,9,11-13,26H,4-5,8,10,14-15,24-25H2,1-3H3,(H,27,33)(H,28,30,32)/b17-11-,19-12+. The first-order valence-corrected chi connectivity index (χ1v) is 11.8. The van der Waals surface area contributed by atoms with Crippen LogP contribution < -0.4 is 27.4 Å². The summed E-state index contributed by atoms with van der Waals surface area (Å²) in [6.07, 6.45) is 7.08. The number of anilines is 2. The highest BCUT2D eigenvalue weighted by molar-refractivity contribution is 7.15. The van der Waals surface area contributed by atoms with E-state index in [0.717, 1.165) is 42.0 Å². The molecule has 10 nitrogen and oxygen atoms in total. The number of hydrogen-bond acceptors (Lipinski definition) is 9. The summed E-state index contributed by atoms with van der Waals surface area (Å²) >= 11 is 1.37. The maximum absolute atomic E-state index is 12.4. The van der Waals surface area contributed by atoms with Crippen molar-refractivity contribution in [1.82, 2.24) is 20.4 Å². The number of aromatic nitrogens is 2. The molecule has 2 amide bonds. The second-order valence-corrected chi connectivity index (χ2v) is 9.10. The van der Waals surface area contributed by atoms with Gasteiger partial charge in [0, 0.05) is 24.9 Å². The van der Waals surface area contributed by atoms with Crippen molar-refractivity contribution in [1.29, 1.82) is 0 Å². The van der Waals surface area contributed by atoms with Gasteiger partial charge >= 0.3 is 0 Å². The number of likely N-dealkylation sites (N-methyl/N-ethyl adjacent to an activating group) is 1. The Kier molecular flexibility index (Phi) is 11.0. The number of amides is 2. The molecule has 34 heavy (non-hydrogen) atoms. The summed E-state index contributed by atoms with van der Waals surface area (Å²) in [6.45, 7) is 0.289. The zero-order chi connectivity index (χ0) is 24.9. The Hall–Kier alpha value is -3.44. The number of allylic oxidation sites excluding steroid dienone is 3. The molecule has 1 aromatic heterocycles. The Morgan fingerprint density at radius 2 is 1.88 bits per heavy atom. The van der Waals surface area contributed by atoms with Gasteiger partial charge < -0.3 is 32.3 Å². The van der Waals surface area contributed by atoms with Crippen LogP contribution >= 0.6 is 11.3 Å². The van der Waals surface area contributed by atoms with E-state index in [-0.39, 0.29) is 24.8 Å². The third kappa shape index (κ3) is 10.5. The van der Waals surface area contributed by atoms with E-state index >= 15 is 0 Å². The van der Waals surface area contributed by atoms with Gasteiger partial charge in [0.25, 0.3) is 0 Å². The van der Waals surface area contributed by atoms with E-state index in [9.17, 15) is 9.59 Å². The zero-order valence-corrected chi connectivity index (χ0v) is 20.7. The van der Waals surface area contributed by atoms with Crippen LogP contribution in [0.2, 0.25) is 0 Å². The van der Waals surface area contributed by atoms with Crippen LogP contribution in [0.4, 0.5) is 10.8 Å². The Bertz CT molecular complexity index is 1020. The van der Waals surface area contributed by atoms with Gasteiger partial charge in [-0.05, 0) is 63.2 Å². The van der Waals surface area contributed by atoms with Gasteiger partial charge in [-0.2, -0.15) is 0 Å². The van der Waals surface area contributed by atoms with Crippen molar-refractivity contribution in [2.75, 3.05) is 38.3 Å². The van der Waals surface area contributed by atoms with Gasteiger partial charge in [-0.3, -0.25) is 9.59 Å². The molecule has 0 atom stereocenters. The minimum atomic E-state index is -0.189. The number of nitrogens with two attached hydrogens (primary N) is 2. The van der Waals surface area contributed by atoms with Crippen LogP contribution in [0.25, 0.3) is 0 Å². The molecule has 0 saturated carbocycles. The van der Waals surface area contributed by atoms with Gasteiger partial charge in [0.05, 0.1) is 18.8 Å². The molecule has 0 bridgehead atoms. The van der Waals surface area contributed by atoms with Crippen molar-refractivity contribution in [2.24, 2.45) is 11.5 Å². The van der Waals surface area contributed by atoms with Gasteiger partial charge in [0.2, 0.25) is 16.9 Å². The van der Waals surface area contributed by atoms with Crippen LogP contribution in [-0.2, 0) is 22.4 Å². The van der Waals surface area contributed by atoms with Gasteiger partial charge in [-0.25, -0.2) is 0 Å². The van der Waals surface area contributed by atoms with E-state index in [1.165, 1.54) is 11.3 Å². The minimum Gasteiger partial charge on any atom is -0.402 e. The number of hydrogen-bond donors (Lipinski definition) is 5. The van der Waals surface area contributed by atoms with Crippen LogP contribution in [0.5, 0.6) is 0 Å². The number of unbranched alkanes of at least 4 members (excludes halogenated alkanes) is 1. The normalized spacial score (nSPS) is 12.0. The SMILES string of the molecule is CN/C(N)=C/C=C(\N)CCCCc1nnc(NC(=O)Cc2cccc(NC(=O)CN(C)C)c2)s1. The predicted molar refractivity (Wildman–Crippen MR) is 137 cm³/mol. The highest BCUT2D eigenvalue weighted by Gasteiger charge is 2.10. The van der Waals surface area contributed by atoms with E-state index in [2.05, 4.69) is 26.1 Å². The molecule has 0 spiro atoms. The number of nitrogens with zero attached hydrogens (tertiary/aromatic N) is 3. The van der Waals surface area contributed by atoms with Gasteiger partial charge in [0.15, 0.2) is 0 Å². The molecule has 0 saturated heterocycles. The topological polar surface area (TPSA) is 151 Å². The quantitative estimate of drug-likeness (QED) is 0.212. The molecule has 0 aliphatic carbocycles. The fraction of sp³-hybridized carbons (Fsp3) is 0.391. The van der Waals surface area contributed by atoms with E-state index < -0.39 is 0 Å². The molecule has 0 aliphatic heterocycles. The Morgan fingerprint density at radius 3 is 2.62 bits per heavy atom. The number of nitrogens with one attached hydrogen (secondary N) is 3. The Morgan fingerprint density at radius 1 is 1.09 bits per heavy atom. The molecule has 0 aliphatic rings. The number of benzene rings is 1. The highest BCUT2D eigenvalue weighted by atomic mass is 32.1. The molecular formula is C23H34N8O2S. The lowest BCUT2D eigenvalue weighted by Crippen LogP contribution is -2.27. The average Bonchev–Trinajstić information content (AvgIpc) is 3.21. The lowest BCUT2D eigenvalue weighted by atomic mass is 10.1. The molecular weight excluding hydrogens is 452 g/mol. The number of carbonyl (C=O) groups excluding carboxylic acids is 2. The fourth-order valence-electron chi connectivity index (χ4n) is 2.97. The second-order valence-electron chi connectivity index (χ2n) is 8.03. The molecule has 11 heteroatoms. The number of rotatable bonds is 13. The van der Waals surface area contributed by atoms with Crippen LogP contribution in [0, 0.1) is 0 Å². The zero-order valence-electron chi connectivity index (χ0n) is 19.9. The largest absolute Gasteiger partial charge is 0.402 e. The van der Waals surface area contributed by atoms with Crippen molar-refractivity contribution in [2.45, 2.75) is 32.1 Å². The van der Waals surface area contributed by atoms with Crippen LogP contribution in [0.3, 0.4) is 0 Å². The van der Waals surface area contributed by atoms with Gasteiger partial charge in [-0.15, -0.1) is 10.2 Å². The van der Waals surface area contributed by atoms with Gasteiger partial charge in [0.1, 0.15) is 5.01 Å². The van der Waals surface area contributed by atoms with Crippen LogP contribution in [0.15, 0.2) is 47.9 Å². The van der Waals surface area contributed by atoms with Crippen molar-refractivity contribution >= 4 is 34.0 Å². The molecule has 2 aromatic rings. The summed E-state index contributed by atoms with van der Waals surface area (Å²) in [5, 5.41) is 18.0. The summed E-state index contributed by atoms with van der Waals surface area (Å²) in [5.41, 5.74) is 13.8. The molecule has 0 unspecified atom stereocenters. The lowest BCUT2D eigenvalue weighted by molar-refractivity contribution is -0.117. The first-order valence-electron chi connectivity index (χ1n) is 11.0. The summed E-state index contributed by atoms with van der Waals surface area (Å²) in [4.78, 5) is 26.1. The summed E-state index contributed by atoms with van der Waals surface area (Å²) in [6, 6.07) is 7.24. The van der Waals surface area contributed by atoms with Crippen molar-refractivity contribution in [3.05, 3.63) is 58.5 Å². The molecule has 7 N–H and O–H groups in total. The molecule has 1 heterocycles. The molecule has 0 fully saturated rings. The van der Waals surface area contributed by atoms with Crippen molar-refractivity contribution in [3.63, 3.8) is 0 Å². The van der Waals surface area contributed by atoms with Crippen molar-refractivity contribution < 1.29 is 9.59 Å². The maximum atomic E-state index is 12.4. The monoisotopic (exact) mass is 486 g/mol. The first-order chi connectivity index (χ1) is 16.2. The molecule has 184 valence electrons. The van der Waals surface area contributed by atoms with Crippen LogP contribution in [-0.4, -0.2) is 54.6 Å². The Balaban J connectivity index is 1.77. The molecule has 1 aromatic carbocycles. The lowest BCUT2D eigenvalue weighted by Gasteiger charge is -2.11. The van der Waals surface area contributed by atoms with E-state index in [4.69, 9.17) is 11.5 Å². The van der Waals surface area contributed by atoms with E-state index in [0.29, 0.717) is 16.6 Å². The molecule has 2 rings (SSSR count). The maximum Gasteiger partial charge on any atom is 0.238 e. The average molecular weight is 487 g/mol. The van der Waals surface area contributed by atoms with E-state index in [1.807, 2.05) is 26.2 Å². The summed E-state index contributed by atoms with van der Waals surface area (Å²) in [7, 11) is 5.41. The number of carbonyl (C=O) groups is 2. The number of aryl methyl sites for hydroxylation is 1. The van der Waals surface area contributed by atoms with Gasteiger partial charge in [-0.1, -0.05) is 23.5 Å². The third-order valence-corrected chi connectivity index (χ3v) is 5.52. The highest BCUT2D eigenvalue weighted by Crippen LogP contribution is 2.19. The smallest absolute Gasteiger partial charge is 0.238 e. The van der Waals surface area contributed by atoms with Crippen LogP contribution in [0.1, 0.15) is 29.8 Å². The first kappa shape index (κ1) is 26.8. The third-order valence-electron chi connectivity index (χ3n) is 4.62. The van der Waals surface area contributed by atoms with Crippen molar-refractivity contribution in [3.8, 4) is 0 Å². The van der Waals surface area contributed by atoms with E-state index in [1.54, 1.807) is 36.2 Å². The fourth-order valence-corrected chi connectivity index (χ4v) is 3.77. The summed E-state index contributed by atoms with van der Waals surface area (Å²) < 4.78 is 0. The molecule has 0 radical (unpaired) electrons. The Labute approximate surface area is 204 Å². The predicted octanol–water partition coefficient (Wildman–Crippen LogP) is 1.79.